The zero-order valence-corrected chi connectivity index (χ0v) is 15.2. The normalized spacial score (nSPS) is 21.4. The summed E-state index contributed by atoms with van der Waals surface area (Å²) in [5.74, 6) is -0.0134. The van der Waals surface area contributed by atoms with Gasteiger partial charge in [0.1, 0.15) is 4.32 Å². The van der Waals surface area contributed by atoms with Crippen molar-refractivity contribution in [1.82, 2.24) is 4.90 Å². The lowest BCUT2D eigenvalue weighted by atomic mass is 10.3. The van der Waals surface area contributed by atoms with E-state index in [1.165, 1.54) is 11.8 Å². The molecule has 1 fully saturated rings. The Morgan fingerprint density at radius 1 is 1.32 bits per heavy atom. The summed E-state index contributed by atoms with van der Waals surface area (Å²) in [5.41, 5.74) is 1.08. The summed E-state index contributed by atoms with van der Waals surface area (Å²) in [5, 5.41) is 1.77. The number of rotatable bonds is 2. The summed E-state index contributed by atoms with van der Waals surface area (Å²) < 4.78 is 0.625. The Hall–Kier alpha value is -0.950. The highest BCUT2D eigenvalue weighted by Crippen LogP contribution is 2.46. The third-order valence-corrected chi connectivity index (χ3v) is 6.21. The van der Waals surface area contributed by atoms with Gasteiger partial charge in [-0.25, -0.2) is 0 Å². The molecule has 1 aromatic carbocycles. The van der Waals surface area contributed by atoms with Crippen LogP contribution in [0.5, 0.6) is 0 Å². The van der Waals surface area contributed by atoms with Crippen LogP contribution < -0.4 is 4.90 Å². The van der Waals surface area contributed by atoms with E-state index in [9.17, 15) is 4.79 Å². The second-order valence-corrected chi connectivity index (χ2v) is 7.90. The Labute approximate surface area is 148 Å². The summed E-state index contributed by atoms with van der Waals surface area (Å²) in [4.78, 5) is 17.7. The van der Waals surface area contributed by atoms with E-state index >= 15 is 0 Å². The van der Waals surface area contributed by atoms with Crippen molar-refractivity contribution in [1.29, 1.82) is 0 Å². The minimum atomic E-state index is -0.0134. The number of fused-ring (bicyclic) bond motifs is 1. The molecule has 0 atom stereocenters. The summed E-state index contributed by atoms with van der Waals surface area (Å²) in [7, 11) is 1.99. The average molecular weight is 369 g/mol. The molecule has 22 heavy (non-hydrogen) atoms. The number of anilines is 1. The van der Waals surface area contributed by atoms with E-state index in [4.69, 9.17) is 23.8 Å². The summed E-state index contributed by atoms with van der Waals surface area (Å²) in [6.07, 6.45) is 3.81. The number of carbonyl (C=O) groups is 1. The van der Waals surface area contributed by atoms with Gasteiger partial charge < -0.3 is 4.90 Å². The van der Waals surface area contributed by atoms with Crippen molar-refractivity contribution in [2.75, 3.05) is 18.5 Å². The first-order chi connectivity index (χ1) is 10.5. The number of amides is 1. The SMILES string of the molecule is CCN1C(=O)/C(=C/C=C2/Sc3ccc(Cl)cc3N2C)SC1=S. The number of carbonyl (C=O) groups excluding carboxylic acids is 1. The van der Waals surface area contributed by atoms with Crippen molar-refractivity contribution >= 4 is 63.3 Å². The van der Waals surface area contributed by atoms with Crippen LogP contribution in [-0.2, 0) is 4.79 Å². The number of hydrogen-bond donors (Lipinski definition) is 0. The van der Waals surface area contributed by atoms with E-state index in [0.29, 0.717) is 15.8 Å². The summed E-state index contributed by atoms with van der Waals surface area (Å²) in [6, 6.07) is 5.84. The number of thioether (sulfide) groups is 2. The van der Waals surface area contributed by atoms with Crippen LogP contribution in [0.15, 0.2) is 45.2 Å². The van der Waals surface area contributed by atoms with Crippen molar-refractivity contribution in [3.05, 3.63) is 45.3 Å². The quantitative estimate of drug-likeness (QED) is 0.565. The van der Waals surface area contributed by atoms with Gasteiger partial charge in [0.15, 0.2) is 0 Å². The third-order valence-electron chi connectivity index (χ3n) is 3.39. The molecule has 1 amide bonds. The molecular formula is C15H13ClN2OS3. The Morgan fingerprint density at radius 3 is 2.77 bits per heavy atom. The molecule has 114 valence electrons. The molecule has 7 heteroatoms. The van der Waals surface area contributed by atoms with Crippen LogP contribution in [0.1, 0.15) is 6.92 Å². The van der Waals surface area contributed by atoms with Gasteiger partial charge in [0.2, 0.25) is 0 Å². The summed E-state index contributed by atoms with van der Waals surface area (Å²) in [6.45, 7) is 2.53. The van der Waals surface area contributed by atoms with Crippen LogP contribution in [0.3, 0.4) is 0 Å². The van der Waals surface area contributed by atoms with Gasteiger partial charge >= 0.3 is 0 Å². The molecule has 0 spiro atoms. The van der Waals surface area contributed by atoms with Crippen LogP contribution in [0.4, 0.5) is 5.69 Å². The number of hydrogen-bond acceptors (Lipinski definition) is 5. The minimum absolute atomic E-state index is 0.0134. The highest BCUT2D eigenvalue weighted by atomic mass is 35.5. The molecule has 3 rings (SSSR count). The Kier molecular flexibility index (Phi) is 4.54. The molecule has 2 aliphatic rings. The minimum Gasteiger partial charge on any atom is -0.338 e. The van der Waals surface area contributed by atoms with Crippen LogP contribution in [-0.4, -0.2) is 28.7 Å². The van der Waals surface area contributed by atoms with Crippen molar-refractivity contribution in [3.63, 3.8) is 0 Å². The maximum Gasteiger partial charge on any atom is 0.266 e. The molecule has 2 aliphatic heterocycles. The molecule has 3 nitrogen and oxygen atoms in total. The van der Waals surface area contributed by atoms with Crippen LogP contribution in [0, 0.1) is 0 Å². The molecule has 2 heterocycles. The molecular weight excluding hydrogens is 356 g/mol. The zero-order chi connectivity index (χ0) is 15.9. The number of halogens is 1. The van der Waals surface area contributed by atoms with Gasteiger partial charge in [-0.15, -0.1) is 0 Å². The van der Waals surface area contributed by atoms with E-state index in [1.54, 1.807) is 16.7 Å². The molecule has 0 aromatic heterocycles. The largest absolute Gasteiger partial charge is 0.338 e. The third kappa shape index (κ3) is 2.80. The van der Waals surface area contributed by atoms with Gasteiger partial charge in [-0.05, 0) is 37.3 Å². The van der Waals surface area contributed by atoms with E-state index in [0.717, 1.165) is 20.6 Å². The van der Waals surface area contributed by atoms with Gasteiger partial charge in [-0.2, -0.15) is 0 Å². The monoisotopic (exact) mass is 368 g/mol. The second-order valence-electron chi connectivity index (χ2n) is 4.73. The van der Waals surface area contributed by atoms with E-state index in [-0.39, 0.29) is 5.91 Å². The molecule has 0 N–H and O–H groups in total. The molecule has 1 saturated heterocycles. The van der Waals surface area contributed by atoms with E-state index in [2.05, 4.69) is 4.90 Å². The standard InChI is InChI=1S/C15H13ClN2OS3/c1-3-18-14(19)12(22-15(18)20)6-7-13-17(2)10-8-9(16)4-5-11(10)21-13/h4-8H,3H2,1-2H3/b12-6-,13-7+. The van der Waals surface area contributed by atoms with Gasteiger partial charge in [0.05, 0.1) is 15.6 Å². The first-order valence-electron chi connectivity index (χ1n) is 6.68. The first-order valence-corrected chi connectivity index (χ1v) is 9.10. The molecule has 0 saturated carbocycles. The van der Waals surface area contributed by atoms with Crippen molar-refractivity contribution in [3.8, 4) is 0 Å². The summed E-state index contributed by atoms with van der Waals surface area (Å²) >= 11 is 14.3. The Balaban J connectivity index is 1.85. The zero-order valence-electron chi connectivity index (χ0n) is 12.0. The van der Waals surface area contributed by atoms with Crippen molar-refractivity contribution in [2.24, 2.45) is 0 Å². The lowest BCUT2D eigenvalue weighted by Gasteiger charge is -2.13. The lowest BCUT2D eigenvalue weighted by Crippen LogP contribution is -2.27. The number of likely N-dealkylation sites (N-methyl/N-ethyl adjacent to an activating group) is 1. The predicted molar refractivity (Wildman–Crippen MR) is 99.5 cm³/mol. The van der Waals surface area contributed by atoms with E-state index < -0.39 is 0 Å². The number of nitrogens with zero attached hydrogens (tertiary/aromatic N) is 2. The maximum absolute atomic E-state index is 12.2. The molecule has 0 radical (unpaired) electrons. The topological polar surface area (TPSA) is 23.6 Å². The maximum atomic E-state index is 12.2. The van der Waals surface area contributed by atoms with Gasteiger partial charge in [0.25, 0.3) is 5.91 Å². The van der Waals surface area contributed by atoms with Gasteiger partial charge in [-0.3, -0.25) is 9.69 Å². The van der Waals surface area contributed by atoms with Crippen LogP contribution in [0.2, 0.25) is 5.02 Å². The second kappa shape index (κ2) is 6.28. The van der Waals surface area contributed by atoms with Crippen molar-refractivity contribution < 1.29 is 4.79 Å². The lowest BCUT2D eigenvalue weighted by molar-refractivity contribution is -0.122. The Morgan fingerprint density at radius 2 is 2.09 bits per heavy atom. The molecule has 0 bridgehead atoms. The fourth-order valence-electron chi connectivity index (χ4n) is 2.22. The fourth-order valence-corrected chi connectivity index (χ4v) is 4.74. The first kappa shape index (κ1) is 15.9. The highest BCUT2D eigenvalue weighted by Gasteiger charge is 2.30. The predicted octanol–water partition coefficient (Wildman–Crippen LogP) is 4.49. The smallest absolute Gasteiger partial charge is 0.266 e. The van der Waals surface area contributed by atoms with Gasteiger partial charge in [-0.1, -0.05) is 47.3 Å². The molecule has 0 unspecified atom stereocenters. The van der Waals surface area contributed by atoms with E-state index in [1.807, 2.05) is 44.3 Å². The Bertz CT molecular complexity index is 729. The highest BCUT2D eigenvalue weighted by molar-refractivity contribution is 8.26. The van der Waals surface area contributed by atoms with Crippen LogP contribution >= 0.6 is 47.3 Å². The van der Waals surface area contributed by atoms with Crippen LogP contribution in [0.25, 0.3) is 0 Å². The number of benzene rings is 1. The fraction of sp³-hybridized carbons (Fsp3) is 0.200. The molecule has 0 aliphatic carbocycles. The van der Waals surface area contributed by atoms with Gasteiger partial charge in [0, 0.05) is 23.5 Å². The number of allylic oxidation sites excluding steroid dienone is 2. The van der Waals surface area contributed by atoms with Crippen molar-refractivity contribution in [2.45, 2.75) is 11.8 Å². The average Bonchev–Trinajstić information content (AvgIpc) is 2.94. The number of thiocarbonyl (C=S) groups is 1. The molecule has 1 aromatic rings.